The monoisotopic (exact) mass is 672 g/mol. The van der Waals surface area contributed by atoms with E-state index >= 15 is 0 Å². The number of hydrogen-bond acceptors (Lipinski definition) is 2. The van der Waals surface area contributed by atoms with Gasteiger partial charge in [-0.05, 0) is 84.3 Å². The van der Waals surface area contributed by atoms with Crippen molar-refractivity contribution in [3.05, 3.63) is 217 Å². The molecule has 53 heavy (non-hydrogen) atoms. The standard InChI is InChI=1S/C51H32N2/c1-3-16-36(17-4-1)51(37-18-5-2-6-19-37)45-24-12-11-23-43(45)47-44(32-35-14-7-8-20-38(35)48(47)51)41-28-29-42(40-22-10-9-21-39(40)41)46-30-27-34-26-25-33-15-13-31-52-49(33)50(34)53-46/h1-32H. The van der Waals surface area contributed by atoms with Gasteiger partial charge < -0.3 is 0 Å². The summed E-state index contributed by atoms with van der Waals surface area (Å²) in [5, 5.41) is 7.07. The number of benzene rings is 8. The van der Waals surface area contributed by atoms with Gasteiger partial charge in [0.1, 0.15) is 0 Å². The highest BCUT2D eigenvalue weighted by Gasteiger charge is 2.48. The van der Waals surface area contributed by atoms with Crippen LogP contribution in [-0.2, 0) is 5.41 Å². The van der Waals surface area contributed by atoms with Crippen LogP contribution in [0.15, 0.2) is 194 Å². The molecule has 2 heterocycles. The van der Waals surface area contributed by atoms with Crippen molar-refractivity contribution >= 4 is 43.4 Å². The molecule has 0 atom stereocenters. The Morgan fingerprint density at radius 3 is 1.74 bits per heavy atom. The smallest absolute Gasteiger partial charge is 0.0972 e. The van der Waals surface area contributed by atoms with Gasteiger partial charge in [-0.25, -0.2) is 4.98 Å². The predicted molar refractivity (Wildman–Crippen MR) is 220 cm³/mol. The number of aromatic nitrogens is 2. The highest BCUT2D eigenvalue weighted by atomic mass is 14.8. The lowest BCUT2D eigenvalue weighted by Gasteiger charge is -2.35. The second kappa shape index (κ2) is 11.6. The van der Waals surface area contributed by atoms with Gasteiger partial charge in [-0.3, -0.25) is 4.98 Å². The molecule has 0 aliphatic heterocycles. The van der Waals surface area contributed by atoms with E-state index in [1.54, 1.807) is 0 Å². The molecule has 246 valence electrons. The van der Waals surface area contributed by atoms with Gasteiger partial charge in [0.05, 0.1) is 22.1 Å². The molecule has 2 nitrogen and oxygen atoms in total. The van der Waals surface area contributed by atoms with Gasteiger partial charge >= 0.3 is 0 Å². The molecule has 0 spiro atoms. The maximum atomic E-state index is 5.28. The summed E-state index contributed by atoms with van der Waals surface area (Å²) in [5.41, 5.74) is 13.6. The van der Waals surface area contributed by atoms with Gasteiger partial charge in [0.25, 0.3) is 0 Å². The lowest BCUT2D eigenvalue weighted by atomic mass is 9.66. The van der Waals surface area contributed by atoms with Gasteiger partial charge in [0.2, 0.25) is 0 Å². The molecule has 2 aromatic heterocycles. The average molecular weight is 673 g/mol. The van der Waals surface area contributed by atoms with E-state index in [1.807, 2.05) is 12.3 Å². The summed E-state index contributed by atoms with van der Waals surface area (Å²) in [7, 11) is 0. The predicted octanol–water partition coefficient (Wildman–Crippen LogP) is 12.8. The van der Waals surface area contributed by atoms with E-state index in [2.05, 4.69) is 182 Å². The van der Waals surface area contributed by atoms with Crippen molar-refractivity contribution in [2.75, 3.05) is 0 Å². The first-order valence-corrected chi connectivity index (χ1v) is 18.2. The van der Waals surface area contributed by atoms with Crippen LogP contribution in [0.1, 0.15) is 22.3 Å². The summed E-state index contributed by atoms with van der Waals surface area (Å²) in [5.74, 6) is 0. The normalized spacial score (nSPS) is 13.1. The number of pyridine rings is 2. The van der Waals surface area contributed by atoms with Gasteiger partial charge in [-0.1, -0.05) is 170 Å². The van der Waals surface area contributed by atoms with E-state index in [9.17, 15) is 0 Å². The van der Waals surface area contributed by atoms with Gasteiger partial charge in [0.15, 0.2) is 0 Å². The van der Waals surface area contributed by atoms with Crippen molar-refractivity contribution < 1.29 is 0 Å². The SMILES string of the molecule is c1ccc(C2(c3ccccc3)c3ccccc3-c3c(-c4ccc(-c5ccc6ccc7cccnc7c6n5)c5ccccc45)cc4ccccc4c32)cc1. The quantitative estimate of drug-likeness (QED) is 0.174. The lowest BCUT2D eigenvalue weighted by Crippen LogP contribution is -2.28. The van der Waals surface area contributed by atoms with Crippen LogP contribution in [0.25, 0.3) is 76.9 Å². The van der Waals surface area contributed by atoms with Crippen molar-refractivity contribution in [1.82, 2.24) is 9.97 Å². The summed E-state index contributed by atoms with van der Waals surface area (Å²) in [6.45, 7) is 0. The van der Waals surface area contributed by atoms with Crippen LogP contribution in [0.2, 0.25) is 0 Å². The summed E-state index contributed by atoms with van der Waals surface area (Å²) in [4.78, 5) is 10.0. The maximum absolute atomic E-state index is 5.28. The zero-order chi connectivity index (χ0) is 34.9. The van der Waals surface area contributed by atoms with Crippen molar-refractivity contribution in [3.8, 4) is 33.5 Å². The molecule has 0 saturated heterocycles. The van der Waals surface area contributed by atoms with Gasteiger partial charge in [-0.15, -0.1) is 0 Å². The van der Waals surface area contributed by atoms with Crippen molar-refractivity contribution in [1.29, 1.82) is 0 Å². The van der Waals surface area contributed by atoms with E-state index in [4.69, 9.17) is 9.97 Å². The first-order valence-electron chi connectivity index (χ1n) is 18.2. The van der Waals surface area contributed by atoms with Crippen LogP contribution in [0.5, 0.6) is 0 Å². The summed E-state index contributed by atoms with van der Waals surface area (Å²) in [6, 6.07) is 68.7. The molecular weight excluding hydrogens is 641 g/mol. The molecule has 0 fully saturated rings. The van der Waals surface area contributed by atoms with Crippen LogP contribution in [0.3, 0.4) is 0 Å². The third-order valence-corrected chi connectivity index (χ3v) is 11.4. The number of nitrogens with zero attached hydrogens (tertiary/aromatic N) is 2. The fraction of sp³-hybridized carbons (Fsp3) is 0.0196. The van der Waals surface area contributed by atoms with E-state index in [-0.39, 0.29) is 0 Å². The first kappa shape index (κ1) is 29.8. The van der Waals surface area contributed by atoms with Gasteiger partial charge in [-0.2, -0.15) is 0 Å². The largest absolute Gasteiger partial charge is 0.254 e. The fourth-order valence-corrected chi connectivity index (χ4v) is 9.17. The Bertz CT molecular complexity index is 3020. The molecule has 1 aliphatic rings. The molecule has 2 heteroatoms. The zero-order valence-corrected chi connectivity index (χ0v) is 28.9. The molecule has 0 bridgehead atoms. The number of hydrogen-bond donors (Lipinski definition) is 0. The maximum Gasteiger partial charge on any atom is 0.0972 e. The highest BCUT2D eigenvalue weighted by Crippen LogP contribution is 2.60. The molecule has 1 aliphatic carbocycles. The van der Waals surface area contributed by atoms with Crippen LogP contribution >= 0.6 is 0 Å². The third-order valence-electron chi connectivity index (χ3n) is 11.4. The van der Waals surface area contributed by atoms with E-state index < -0.39 is 5.41 Å². The topological polar surface area (TPSA) is 25.8 Å². The van der Waals surface area contributed by atoms with E-state index in [1.165, 1.54) is 66.1 Å². The minimum atomic E-state index is -0.508. The molecule has 0 unspecified atom stereocenters. The van der Waals surface area contributed by atoms with E-state index in [0.29, 0.717) is 0 Å². The molecule has 0 radical (unpaired) electrons. The third kappa shape index (κ3) is 4.27. The van der Waals surface area contributed by atoms with Crippen molar-refractivity contribution in [2.45, 2.75) is 5.41 Å². The molecule has 0 saturated carbocycles. The summed E-state index contributed by atoms with van der Waals surface area (Å²) >= 11 is 0. The number of fused-ring (bicyclic) bond motifs is 9. The van der Waals surface area contributed by atoms with Gasteiger partial charge in [0, 0.05) is 22.5 Å². The highest BCUT2D eigenvalue weighted by molar-refractivity contribution is 6.13. The Kier molecular flexibility index (Phi) is 6.50. The minimum Gasteiger partial charge on any atom is -0.254 e. The summed E-state index contributed by atoms with van der Waals surface area (Å²) < 4.78 is 0. The van der Waals surface area contributed by atoms with Crippen LogP contribution in [0, 0.1) is 0 Å². The van der Waals surface area contributed by atoms with Crippen molar-refractivity contribution in [2.24, 2.45) is 0 Å². The average Bonchev–Trinajstić information content (AvgIpc) is 3.56. The van der Waals surface area contributed by atoms with Crippen molar-refractivity contribution in [3.63, 3.8) is 0 Å². The second-order valence-corrected chi connectivity index (χ2v) is 14.0. The van der Waals surface area contributed by atoms with E-state index in [0.717, 1.165) is 33.1 Å². The molecule has 11 rings (SSSR count). The molecule has 10 aromatic rings. The molecule has 8 aromatic carbocycles. The second-order valence-electron chi connectivity index (χ2n) is 14.0. The Balaban J connectivity index is 1.23. The Morgan fingerprint density at radius 1 is 0.377 bits per heavy atom. The zero-order valence-electron chi connectivity index (χ0n) is 28.9. The Morgan fingerprint density at radius 2 is 0.962 bits per heavy atom. The molecule has 0 amide bonds. The number of rotatable bonds is 4. The Labute approximate surface area is 307 Å². The molecular formula is C51H32N2. The fourth-order valence-electron chi connectivity index (χ4n) is 9.17. The minimum absolute atomic E-state index is 0.508. The summed E-state index contributed by atoms with van der Waals surface area (Å²) in [6.07, 6.45) is 1.85. The van der Waals surface area contributed by atoms with Crippen LogP contribution < -0.4 is 0 Å². The Hall–Kier alpha value is -6.90. The molecule has 0 N–H and O–H groups in total. The lowest BCUT2D eigenvalue weighted by molar-refractivity contribution is 0.775. The first-order chi connectivity index (χ1) is 26.3. The van der Waals surface area contributed by atoms with Crippen LogP contribution in [-0.4, -0.2) is 9.97 Å². The van der Waals surface area contributed by atoms with Crippen LogP contribution in [0.4, 0.5) is 0 Å².